The summed E-state index contributed by atoms with van der Waals surface area (Å²) in [6.07, 6.45) is 0. The molecule has 0 bridgehead atoms. The lowest BCUT2D eigenvalue weighted by Gasteiger charge is -2.34. The number of hydrogen-bond donors (Lipinski definition) is 2. The van der Waals surface area contributed by atoms with Crippen molar-refractivity contribution in [3.8, 4) is 0 Å². The summed E-state index contributed by atoms with van der Waals surface area (Å²) in [7, 11) is 0. The Morgan fingerprint density at radius 3 is 2.62 bits per heavy atom. The molecule has 1 unspecified atom stereocenters. The van der Waals surface area contributed by atoms with Gasteiger partial charge in [0.05, 0.1) is 19.3 Å². The Morgan fingerprint density at radius 2 is 2.00 bits per heavy atom. The van der Waals surface area contributed by atoms with E-state index in [0.29, 0.717) is 18.7 Å². The number of nitrogens with two attached hydrogens (primary N) is 1. The Bertz CT molecular complexity index is 637. The summed E-state index contributed by atoms with van der Waals surface area (Å²) in [4.78, 5) is 16.1. The third-order valence-corrected chi connectivity index (χ3v) is 5.24. The first-order valence-electron chi connectivity index (χ1n) is 8.20. The highest BCUT2D eigenvalue weighted by Crippen LogP contribution is 2.25. The molecule has 1 saturated heterocycles. The fraction of sp³-hybridized carbons (Fsp3) is 0.389. The zero-order valence-electron chi connectivity index (χ0n) is 13.6. The lowest BCUT2D eigenvalue weighted by atomic mass is 10.1. The smallest absolute Gasteiger partial charge is 0.251 e. The molecule has 0 spiro atoms. The molecule has 1 fully saturated rings. The van der Waals surface area contributed by atoms with Crippen molar-refractivity contribution in [3.63, 3.8) is 0 Å². The Labute approximate surface area is 146 Å². The van der Waals surface area contributed by atoms with Crippen LogP contribution in [0.25, 0.3) is 0 Å². The molecule has 0 saturated carbocycles. The third-order valence-electron chi connectivity index (χ3n) is 4.27. The molecule has 3 N–H and O–H groups in total. The van der Waals surface area contributed by atoms with Crippen molar-refractivity contribution in [1.29, 1.82) is 0 Å². The molecular formula is C18H23N3O2S. The van der Waals surface area contributed by atoms with Gasteiger partial charge in [-0.25, -0.2) is 0 Å². The molecule has 2 aromatic rings. The minimum absolute atomic E-state index is 0.0478. The van der Waals surface area contributed by atoms with Crippen LogP contribution in [-0.4, -0.2) is 43.7 Å². The maximum absolute atomic E-state index is 12.4. The maximum atomic E-state index is 12.4. The van der Waals surface area contributed by atoms with Crippen LogP contribution in [0.2, 0.25) is 0 Å². The average molecular weight is 345 g/mol. The van der Waals surface area contributed by atoms with Gasteiger partial charge in [-0.2, -0.15) is 0 Å². The molecule has 0 aliphatic carbocycles. The van der Waals surface area contributed by atoms with E-state index in [1.54, 1.807) is 11.3 Å². The number of rotatable bonds is 6. The largest absolute Gasteiger partial charge is 0.379 e. The second-order valence-electron chi connectivity index (χ2n) is 5.79. The van der Waals surface area contributed by atoms with E-state index in [1.165, 1.54) is 4.88 Å². The van der Waals surface area contributed by atoms with Crippen LogP contribution in [-0.2, 0) is 11.3 Å². The highest BCUT2D eigenvalue weighted by molar-refractivity contribution is 7.10. The molecule has 24 heavy (non-hydrogen) atoms. The summed E-state index contributed by atoms with van der Waals surface area (Å²) < 4.78 is 5.45. The predicted octanol–water partition coefficient (Wildman–Crippen LogP) is 2.01. The van der Waals surface area contributed by atoms with Gasteiger partial charge in [-0.05, 0) is 29.1 Å². The number of carbonyl (C=O) groups is 1. The topological polar surface area (TPSA) is 67.6 Å². The first-order chi connectivity index (χ1) is 11.8. The molecule has 1 amide bonds. The van der Waals surface area contributed by atoms with E-state index in [2.05, 4.69) is 27.7 Å². The van der Waals surface area contributed by atoms with Crippen molar-refractivity contribution < 1.29 is 9.53 Å². The summed E-state index contributed by atoms with van der Waals surface area (Å²) in [5.74, 6) is -0.0478. The van der Waals surface area contributed by atoms with Gasteiger partial charge in [0.25, 0.3) is 5.91 Å². The van der Waals surface area contributed by atoms with Crippen LogP contribution in [0.3, 0.4) is 0 Å². The van der Waals surface area contributed by atoms with Crippen LogP contribution in [0.15, 0.2) is 41.8 Å². The Balaban J connectivity index is 1.65. The van der Waals surface area contributed by atoms with Crippen molar-refractivity contribution in [2.24, 2.45) is 5.73 Å². The fourth-order valence-corrected chi connectivity index (χ4v) is 3.72. The van der Waals surface area contributed by atoms with Gasteiger partial charge >= 0.3 is 0 Å². The number of benzene rings is 1. The van der Waals surface area contributed by atoms with E-state index in [1.807, 2.05) is 24.3 Å². The van der Waals surface area contributed by atoms with Gasteiger partial charge in [0.2, 0.25) is 0 Å². The number of nitrogens with one attached hydrogen (secondary N) is 1. The average Bonchev–Trinajstić information content (AvgIpc) is 3.17. The number of carbonyl (C=O) groups excluding carboxylic acids is 1. The summed E-state index contributed by atoms with van der Waals surface area (Å²) >= 11 is 1.73. The minimum atomic E-state index is -0.0478. The van der Waals surface area contributed by atoms with Crippen LogP contribution in [0.1, 0.15) is 26.8 Å². The lowest BCUT2D eigenvalue weighted by molar-refractivity contribution is 0.0169. The molecule has 0 radical (unpaired) electrons. The zero-order valence-corrected chi connectivity index (χ0v) is 14.4. The van der Waals surface area contributed by atoms with Crippen molar-refractivity contribution in [2.45, 2.75) is 12.6 Å². The Morgan fingerprint density at radius 1 is 1.25 bits per heavy atom. The first-order valence-corrected chi connectivity index (χ1v) is 9.08. The standard InChI is InChI=1S/C18H23N3O2S/c19-12-14-3-5-15(6-4-14)18(22)20-13-16(17-2-1-11-24-17)21-7-9-23-10-8-21/h1-6,11,16H,7-10,12-13,19H2,(H,20,22). The molecule has 2 heterocycles. The SMILES string of the molecule is NCc1ccc(C(=O)NCC(c2cccs2)N2CCOCC2)cc1. The van der Waals surface area contributed by atoms with Crippen LogP contribution >= 0.6 is 11.3 Å². The zero-order chi connectivity index (χ0) is 16.8. The lowest BCUT2D eigenvalue weighted by Crippen LogP contribution is -2.43. The number of thiophene rings is 1. The van der Waals surface area contributed by atoms with Gasteiger partial charge in [-0.15, -0.1) is 11.3 Å². The molecule has 1 aromatic carbocycles. The summed E-state index contributed by atoms with van der Waals surface area (Å²) in [5, 5.41) is 5.16. The molecule has 1 atom stereocenters. The molecule has 6 heteroatoms. The predicted molar refractivity (Wildman–Crippen MR) is 96.1 cm³/mol. The molecule has 128 valence electrons. The summed E-state index contributed by atoms with van der Waals surface area (Å²) in [6.45, 7) is 4.36. The monoisotopic (exact) mass is 345 g/mol. The number of ether oxygens (including phenoxy) is 1. The van der Waals surface area contributed by atoms with Crippen molar-refractivity contribution >= 4 is 17.2 Å². The van der Waals surface area contributed by atoms with Gasteiger partial charge in [0, 0.05) is 36.6 Å². The summed E-state index contributed by atoms with van der Waals surface area (Å²) in [5.41, 5.74) is 7.29. The van der Waals surface area contributed by atoms with Crippen LogP contribution in [0.4, 0.5) is 0 Å². The molecule has 1 aliphatic heterocycles. The highest BCUT2D eigenvalue weighted by Gasteiger charge is 2.24. The minimum Gasteiger partial charge on any atom is -0.379 e. The third kappa shape index (κ3) is 4.21. The van der Waals surface area contributed by atoms with Crippen molar-refractivity contribution in [1.82, 2.24) is 10.2 Å². The van der Waals surface area contributed by atoms with Crippen LogP contribution in [0, 0.1) is 0 Å². The molecule has 1 aromatic heterocycles. The fourth-order valence-electron chi connectivity index (χ4n) is 2.86. The molecule has 3 rings (SSSR count). The first kappa shape index (κ1) is 17.1. The van der Waals surface area contributed by atoms with E-state index in [-0.39, 0.29) is 11.9 Å². The number of amides is 1. The second kappa shape index (κ2) is 8.39. The van der Waals surface area contributed by atoms with E-state index in [4.69, 9.17) is 10.5 Å². The maximum Gasteiger partial charge on any atom is 0.251 e. The normalized spacial score (nSPS) is 16.7. The number of morpholine rings is 1. The van der Waals surface area contributed by atoms with Crippen LogP contribution < -0.4 is 11.1 Å². The van der Waals surface area contributed by atoms with E-state index >= 15 is 0 Å². The highest BCUT2D eigenvalue weighted by atomic mass is 32.1. The molecule has 5 nitrogen and oxygen atoms in total. The van der Waals surface area contributed by atoms with Crippen molar-refractivity contribution in [3.05, 3.63) is 57.8 Å². The Kier molecular flexibility index (Phi) is 5.98. The van der Waals surface area contributed by atoms with Crippen molar-refractivity contribution in [2.75, 3.05) is 32.8 Å². The number of nitrogens with zero attached hydrogens (tertiary/aromatic N) is 1. The molecular weight excluding hydrogens is 322 g/mol. The van der Waals surface area contributed by atoms with Gasteiger partial charge in [-0.3, -0.25) is 9.69 Å². The molecule has 1 aliphatic rings. The second-order valence-corrected chi connectivity index (χ2v) is 6.77. The van der Waals surface area contributed by atoms with E-state index < -0.39 is 0 Å². The van der Waals surface area contributed by atoms with Gasteiger partial charge in [-0.1, -0.05) is 18.2 Å². The Hall–Kier alpha value is -1.73. The number of hydrogen-bond acceptors (Lipinski definition) is 5. The van der Waals surface area contributed by atoms with Crippen LogP contribution in [0.5, 0.6) is 0 Å². The van der Waals surface area contributed by atoms with E-state index in [9.17, 15) is 4.79 Å². The van der Waals surface area contributed by atoms with E-state index in [0.717, 1.165) is 31.9 Å². The summed E-state index contributed by atoms with van der Waals surface area (Å²) in [6, 6.07) is 11.8. The van der Waals surface area contributed by atoms with Gasteiger partial charge < -0.3 is 15.8 Å². The van der Waals surface area contributed by atoms with Gasteiger partial charge in [0.1, 0.15) is 0 Å². The van der Waals surface area contributed by atoms with Gasteiger partial charge in [0.15, 0.2) is 0 Å². The quantitative estimate of drug-likeness (QED) is 0.840.